The standard InChI is InChI=1S/C12H18/c1-8-9(2)12(5)7-6-10(8)11(12,3)4/h10H,1-2,6-7H2,3-5H3. The zero-order chi connectivity index (χ0) is 9.15. The molecule has 2 atom stereocenters. The van der Waals surface area contributed by atoms with Crippen LogP contribution in [0.4, 0.5) is 0 Å². The van der Waals surface area contributed by atoms with Gasteiger partial charge in [-0.1, -0.05) is 33.9 Å². The van der Waals surface area contributed by atoms with Crippen molar-refractivity contribution in [3.63, 3.8) is 0 Å². The van der Waals surface area contributed by atoms with Crippen molar-refractivity contribution in [3.05, 3.63) is 24.3 Å². The zero-order valence-corrected chi connectivity index (χ0v) is 8.41. The van der Waals surface area contributed by atoms with E-state index >= 15 is 0 Å². The van der Waals surface area contributed by atoms with Crippen LogP contribution in [0.3, 0.4) is 0 Å². The third-order valence-electron chi connectivity index (χ3n) is 4.70. The number of hydrogen-bond acceptors (Lipinski definition) is 0. The Kier molecular flexibility index (Phi) is 1.26. The lowest BCUT2D eigenvalue weighted by Crippen LogP contribution is -2.27. The van der Waals surface area contributed by atoms with Crippen LogP contribution in [0.15, 0.2) is 24.3 Å². The average Bonchev–Trinajstić information content (AvgIpc) is 2.26. The van der Waals surface area contributed by atoms with Crippen LogP contribution in [0.5, 0.6) is 0 Å². The summed E-state index contributed by atoms with van der Waals surface area (Å²) in [4.78, 5) is 0. The van der Waals surface area contributed by atoms with Crippen LogP contribution in [-0.2, 0) is 0 Å². The van der Waals surface area contributed by atoms with Crippen LogP contribution >= 0.6 is 0 Å². The molecular formula is C12H18. The summed E-state index contributed by atoms with van der Waals surface area (Å²) < 4.78 is 0. The molecule has 2 aliphatic carbocycles. The first-order chi connectivity index (χ1) is 5.41. The fourth-order valence-corrected chi connectivity index (χ4v) is 3.21. The molecule has 2 bridgehead atoms. The highest BCUT2D eigenvalue weighted by Gasteiger charge is 2.59. The Morgan fingerprint density at radius 3 is 2.08 bits per heavy atom. The van der Waals surface area contributed by atoms with Crippen molar-refractivity contribution in [1.29, 1.82) is 0 Å². The first-order valence-electron chi connectivity index (χ1n) is 4.80. The van der Waals surface area contributed by atoms with Gasteiger partial charge in [-0.2, -0.15) is 0 Å². The summed E-state index contributed by atoms with van der Waals surface area (Å²) in [5, 5.41) is 0. The maximum Gasteiger partial charge on any atom is -0.00213 e. The van der Waals surface area contributed by atoms with Gasteiger partial charge in [0, 0.05) is 0 Å². The smallest absolute Gasteiger partial charge is 0.00213 e. The molecular weight excluding hydrogens is 144 g/mol. The Morgan fingerprint density at radius 1 is 1.25 bits per heavy atom. The van der Waals surface area contributed by atoms with Crippen molar-refractivity contribution < 1.29 is 0 Å². The highest BCUT2D eigenvalue weighted by Crippen LogP contribution is 2.69. The van der Waals surface area contributed by atoms with E-state index in [-0.39, 0.29) is 0 Å². The Labute approximate surface area is 75.4 Å². The molecule has 0 N–H and O–H groups in total. The molecule has 66 valence electrons. The monoisotopic (exact) mass is 162 g/mol. The molecule has 0 aromatic carbocycles. The van der Waals surface area contributed by atoms with Gasteiger partial charge in [-0.25, -0.2) is 0 Å². The van der Waals surface area contributed by atoms with Crippen molar-refractivity contribution >= 4 is 0 Å². The molecule has 2 saturated carbocycles. The molecule has 0 aromatic heterocycles. The molecule has 2 aliphatic rings. The predicted molar refractivity (Wildman–Crippen MR) is 52.9 cm³/mol. The van der Waals surface area contributed by atoms with Gasteiger partial charge in [-0.05, 0) is 40.7 Å². The molecule has 0 aliphatic heterocycles. The van der Waals surface area contributed by atoms with Crippen molar-refractivity contribution in [3.8, 4) is 0 Å². The van der Waals surface area contributed by atoms with Crippen LogP contribution in [0.25, 0.3) is 0 Å². The third-order valence-corrected chi connectivity index (χ3v) is 4.70. The summed E-state index contributed by atoms with van der Waals surface area (Å²) >= 11 is 0. The largest absolute Gasteiger partial charge is 0.0953 e. The summed E-state index contributed by atoms with van der Waals surface area (Å²) in [5.74, 6) is 0.704. The van der Waals surface area contributed by atoms with Crippen LogP contribution in [-0.4, -0.2) is 0 Å². The van der Waals surface area contributed by atoms with E-state index in [1.807, 2.05) is 0 Å². The van der Waals surface area contributed by atoms with Crippen LogP contribution in [0.2, 0.25) is 0 Å². The summed E-state index contributed by atoms with van der Waals surface area (Å²) in [7, 11) is 0. The number of fused-ring (bicyclic) bond motifs is 2. The van der Waals surface area contributed by atoms with E-state index in [2.05, 4.69) is 33.9 Å². The highest BCUT2D eigenvalue weighted by atomic mass is 14.6. The molecule has 0 nitrogen and oxygen atoms in total. The lowest BCUT2D eigenvalue weighted by Gasteiger charge is -2.34. The normalized spacial score (nSPS) is 44.1. The summed E-state index contributed by atoms with van der Waals surface area (Å²) in [6.07, 6.45) is 2.63. The minimum absolute atomic E-state index is 0.342. The Balaban J connectivity index is 2.58. The number of hydrogen-bond donors (Lipinski definition) is 0. The molecule has 0 heterocycles. The Morgan fingerprint density at radius 2 is 1.83 bits per heavy atom. The minimum atomic E-state index is 0.342. The van der Waals surface area contributed by atoms with Crippen molar-refractivity contribution in [2.45, 2.75) is 33.6 Å². The van der Waals surface area contributed by atoms with E-state index < -0.39 is 0 Å². The molecule has 2 fully saturated rings. The first-order valence-corrected chi connectivity index (χ1v) is 4.80. The summed E-state index contributed by atoms with van der Waals surface area (Å²) in [5.41, 5.74) is 3.40. The lowest BCUT2D eigenvalue weighted by atomic mass is 9.69. The summed E-state index contributed by atoms with van der Waals surface area (Å²) in [6, 6.07) is 0. The SMILES string of the molecule is C=C1C(=C)C2(C)CCC1C2(C)C. The van der Waals surface area contributed by atoms with Crippen molar-refractivity contribution in [2.24, 2.45) is 16.7 Å². The molecule has 0 heteroatoms. The van der Waals surface area contributed by atoms with Gasteiger partial charge < -0.3 is 0 Å². The Bertz CT molecular complexity index is 270. The van der Waals surface area contributed by atoms with E-state index in [1.165, 1.54) is 24.0 Å². The van der Waals surface area contributed by atoms with Crippen molar-refractivity contribution in [2.75, 3.05) is 0 Å². The van der Waals surface area contributed by atoms with Crippen LogP contribution in [0, 0.1) is 16.7 Å². The van der Waals surface area contributed by atoms with Gasteiger partial charge in [0.15, 0.2) is 0 Å². The Hall–Kier alpha value is -0.520. The van der Waals surface area contributed by atoms with Gasteiger partial charge in [-0.15, -0.1) is 0 Å². The molecule has 2 rings (SSSR count). The van der Waals surface area contributed by atoms with Gasteiger partial charge in [0.05, 0.1) is 0 Å². The van der Waals surface area contributed by atoms with Gasteiger partial charge in [0.1, 0.15) is 0 Å². The molecule has 0 aromatic rings. The molecule has 0 saturated heterocycles. The van der Waals surface area contributed by atoms with Gasteiger partial charge in [-0.3, -0.25) is 0 Å². The number of allylic oxidation sites excluding steroid dienone is 2. The summed E-state index contributed by atoms with van der Waals surface area (Å²) in [6.45, 7) is 15.4. The fraction of sp³-hybridized carbons (Fsp3) is 0.667. The molecule has 12 heavy (non-hydrogen) atoms. The second kappa shape index (κ2) is 1.86. The van der Waals surface area contributed by atoms with Crippen molar-refractivity contribution in [1.82, 2.24) is 0 Å². The topological polar surface area (TPSA) is 0 Å². The average molecular weight is 162 g/mol. The van der Waals surface area contributed by atoms with Gasteiger partial charge >= 0.3 is 0 Å². The zero-order valence-electron chi connectivity index (χ0n) is 8.41. The fourth-order valence-electron chi connectivity index (χ4n) is 3.21. The number of rotatable bonds is 0. The second-order valence-corrected chi connectivity index (χ2v) is 5.15. The highest BCUT2D eigenvalue weighted by molar-refractivity contribution is 5.46. The van der Waals surface area contributed by atoms with E-state index in [0.29, 0.717) is 16.7 Å². The molecule has 0 amide bonds. The van der Waals surface area contributed by atoms with Crippen LogP contribution < -0.4 is 0 Å². The third kappa shape index (κ3) is 0.573. The lowest BCUT2D eigenvalue weighted by molar-refractivity contribution is 0.183. The molecule has 2 unspecified atom stereocenters. The first kappa shape index (κ1) is 8.10. The minimum Gasteiger partial charge on any atom is -0.0953 e. The van der Waals surface area contributed by atoms with Crippen LogP contribution in [0.1, 0.15) is 33.6 Å². The van der Waals surface area contributed by atoms with E-state index in [9.17, 15) is 0 Å². The van der Waals surface area contributed by atoms with Gasteiger partial charge in [0.2, 0.25) is 0 Å². The van der Waals surface area contributed by atoms with E-state index in [1.54, 1.807) is 0 Å². The predicted octanol–water partition coefficient (Wildman–Crippen LogP) is 3.55. The van der Waals surface area contributed by atoms with E-state index in [4.69, 9.17) is 0 Å². The molecule has 0 radical (unpaired) electrons. The second-order valence-electron chi connectivity index (χ2n) is 5.15. The van der Waals surface area contributed by atoms with E-state index in [0.717, 1.165) is 0 Å². The quantitative estimate of drug-likeness (QED) is 0.511. The molecule has 0 spiro atoms. The maximum atomic E-state index is 4.19. The van der Waals surface area contributed by atoms with Gasteiger partial charge in [0.25, 0.3) is 0 Å². The maximum absolute atomic E-state index is 4.19.